The van der Waals surface area contributed by atoms with Crippen LogP contribution in [0, 0.1) is 11.3 Å². The smallest absolute Gasteiger partial charge is 0.0621 e. The van der Waals surface area contributed by atoms with Gasteiger partial charge in [0, 0.05) is 6.42 Å². The second kappa shape index (κ2) is 8.93. The molecule has 0 amide bonds. The minimum absolute atomic E-state index is 0. The van der Waals surface area contributed by atoms with Gasteiger partial charge in [-0.05, 0) is 33.5 Å². The zero-order valence-electron chi connectivity index (χ0n) is 6.60. The van der Waals surface area contributed by atoms with Crippen LogP contribution in [-0.2, 0) is 0 Å². The second-order valence-corrected chi connectivity index (χ2v) is 2.42. The summed E-state index contributed by atoms with van der Waals surface area (Å²) in [6.07, 6.45) is 2.88. The van der Waals surface area contributed by atoms with Crippen molar-refractivity contribution in [1.82, 2.24) is 4.90 Å². The van der Waals surface area contributed by atoms with Crippen LogP contribution in [0.15, 0.2) is 0 Å². The lowest BCUT2D eigenvalue weighted by atomic mass is 10.2. The monoisotopic (exact) mass is 205 g/mol. The van der Waals surface area contributed by atoms with Crippen molar-refractivity contribution in [1.29, 1.82) is 5.26 Å². The van der Waals surface area contributed by atoms with E-state index in [0.717, 1.165) is 19.4 Å². The summed E-state index contributed by atoms with van der Waals surface area (Å²) in [7, 11) is 4.10. The van der Waals surface area contributed by atoms with Crippen molar-refractivity contribution in [3.05, 3.63) is 0 Å². The number of nitrogens with zero attached hydrogens (tertiary/aromatic N) is 2. The molecule has 3 heteroatoms. The highest BCUT2D eigenvalue weighted by Gasteiger charge is 1.88. The maximum absolute atomic E-state index is 8.17. The average molecular weight is 206 g/mol. The van der Waals surface area contributed by atoms with Crippen LogP contribution < -0.4 is 17.0 Å². The summed E-state index contributed by atoms with van der Waals surface area (Å²) in [5, 5.41) is 8.17. The minimum Gasteiger partial charge on any atom is -1.00 e. The highest BCUT2D eigenvalue weighted by molar-refractivity contribution is 4.68. The molecule has 0 radical (unpaired) electrons. The molecule has 60 valence electrons. The number of halogens is 1. The van der Waals surface area contributed by atoms with E-state index in [9.17, 15) is 0 Å². The fourth-order valence-electron chi connectivity index (χ4n) is 0.632. The van der Waals surface area contributed by atoms with Crippen LogP contribution in [-0.4, -0.2) is 25.5 Å². The third-order valence-electron chi connectivity index (χ3n) is 1.14. The summed E-state index contributed by atoms with van der Waals surface area (Å²) in [4.78, 5) is 2.14. The normalized spacial score (nSPS) is 8.60. The fourth-order valence-corrected chi connectivity index (χ4v) is 0.632. The van der Waals surface area contributed by atoms with Crippen molar-refractivity contribution in [2.75, 3.05) is 20.6 Å². The Labute approximate surface area is 73.6 Å². The third kappa shape index (κ3) is 10.8. The number of rotatable bonds is 4. The molecule has 0 N–H and O–H groups in total. The highest BCUT2D eigenvalue weighted by Crippen LogP contribution is 1.93. The molecule has 0 aliphatic carbocycles. The quantitative estimate of drug-likeness (QED) is 0.510. The molecule has 0 aromatic carbocycles. The first kappa shape index (κ1) is 12.6. The minimum atomic E-state index is 0. The number of unbranched alkanes of at least 4 members (excludes halogenated alkanes) is 2. The average Bonchev–Trinajstić information content (AvgIpc) is 1.80. The Morgan fingerprint density at radius 1 is 1.30 bits per heavy atom. The van der Waals surface area contributed by atoms with Gasteiger partial charge in [0.05, 0.1) is 6.07 Å². The van der Waals surface area contributed by atoms with Gasteiger partial charge in [0.25, 0.3) is 0 Å². The van der Waals surface area contributed by atoms with Crippen LogP contribution >= 0.6 is 0 Å². The van der Waals surface area contributed by atoms with Crippen LogP contribution in [0.2, 0.25) is 0 Å². The predicted molar refractivity (Wildman–Crippen MR) is 38.0 cm³/mol. The van der Waals surface area contributed by atoms with Gasteiger partial charge >= 0.3 is 0 Å². The molecule has 0 aromatic heterocycles. The Morgan fingerprint density at radius 3 is 2.30 bits per heavy atom. The maximum Gasteiger partial charge on any atom is 0.0621 e. The molecule has 0 aromatic rings. The van der Waals surface area contributed by atoms with E-state index in [4.69, 9.17) is 5.26 Å². The van der Waals surface area contributed by atoms with E-state index in [1.54, 1.807) is 0 Å². The van der Waals surface area contributed by atoms with Crippen molar-refractivity contribution in [2.24, 2.45) is 0 Å². The van der Waals surface area contributed by atoms with Crippen molar-refractivity contribution in [2.45, 2.75) is 19.3 Å². The van der Waals surface area contributed by atoms with Gasteiger partial charge in [-0.1, -0.05) is 0 Å². The predicted octanol–water partition coefficient (Wildman–Crippen LogP) is -1.75. The second-order valence-electron chi connectivity index (χ2n) is 2.42. The first-order valence-electron chi connectivity index (χ1n) is 3.29. The van der Waals surface area contributed by atoms with Crippen molar-refractivity contribution < 1.29 is 17.0 Å². The van der Waals surface area contributed by atoms with E-state index < -0.39 is 0 Å². The summed E-state index contributed by atoms with van der Waals surface area (Å²) in [6.45, 7) is 1.10. The van der Waals surface area contributed by atoms with Crippen LogP contribution in [0.3, 0.4) is 0 Å². The van der Waals surface area contributed by atoms with Crippen LogP contribution in [0.4, 0.5) is 0 Å². The Kier molecular flexibility index (Phi) is 11.2. The van der Waals surface area contributed by atoms with Gasteiger partial charge in [0.1, 0.15) is 0 Å². The molecule has 0 saturated carbocycles. The molecule has 0 aliphatic heterocycles. The van der Waals surface area contributed by atoms with Gasteiger partial charge in [-0.15, -0.1) is 0 Å². The lowest BCUT2D eigenvalue weighted by Crippen LogP contribution is -3.00. The lowest BCUT2D eigenvalue weighted by Gasteiger charge is -2.06. The van der Waals surface area contributed by atoms with Crippen LogP contribution in [0.5, 0.6) is 0 Å². The van der Waals surface area contributed by atoms with Gasteiger partial charge < -0.3 is 21.9 Å². The Hall–Kier alpha value is -0.0700. The Bertz CT molecular complexity index is 96.3. The summed E-state index contributed by atoms with van der Waals surface area (Å²) in [5.74, 6) is 0. The van der Waals surface area contributed by atoms with E-state index in [2.05, 4.69) is 11.0 Å². The third-order valence-corrected chi connectivity index (χ3v) is 1.14. The largest absolute Gasteiger partial charge is 1.00 e. The molecule has 0 aliphatic rings. The molecule has 0 saturated heterocycles. The van der Waals surface area contributed by atoms with E-state index in [-0.39, 0.29) is 17.0 Å². The number of hydrogen-bond acceptors (Lipinski definition) is 2. The van der Waals surface area contributed by atoms with Gasteiger partial charge in [-0.3, -0.25) is 0 Å². The van der Waals surface area contributed by atoms with Crippen molar-refractivity contribution in [3.63, 3.8) is 0 Å². The van der Waals surface area contributed by atoms with Gasteiger partial charge in [-0.2, -0.15) is 5.26 Å². The lowest BCUT2D eigenvalue weighted by molar-refractivity contribution is -0.00000235. The first-order valence-corrected chi connectivity index (χ1v) is 3.29. The Morgan fingerprint density at radius 2 is 1.90 bits per heavy atom. The van der Waals surface area contributed by atoms with Gasteiger partial charge in [-0.25, -0.2) is 0 Å². The molecule has 2 nitrogen and oxygen atoms in total. The van der Waals surface area contributed by atoms with Crippen molar-refractivity contribution >= 4 is 0 Å². The molecule has 0 bridgehead atoms. The fraction of sp³-hybridized carbons (Fsp3) is 0.857. The molecule has 10 heavy (non-hydrogen) atoms. The summed E-state index contributed by atoms with van der Waals surface area (Å²) >= 11 is 0. The van der Waals surface area contributed by atoms with Crippen molar-refractivity contribution in [3.8, 4) is 6.07 Å². The standard InChI is InChI=1S/C7H14N2.BrH/c1-9(2)7-5-3-4-6-8;/h3-5,7H2,1-2H3;1H/p-1. The summed E-state index contributed by atoms with van der Waals surface area (Å²) in [5.41, 5.74) is 0. The van der Waals surface area contributed by atoms with Gasteiger partial charge in [0.15, 0.2) is 0 Å². The zero-order valence-corrected chi connectivity index (χ0v) is 8.19. The number of hydrogen-bond donors (Lipinski definition) is 0. The van der Waals surface area contributed by atoms with E-state index in [1.807, 2.05) is 14.1 Å². The van der Waals surface area contributed by atoms with E-state index >= 15 is 0 Å². The summed E-state index contributed by atoms with van der Waals surface area (Å²) < 4.78 is 0. The zero-order chi connectivity index (χ0) is 7.11. The number of nitriles is 1. The van der Waals surface area contributed by atoms with Crippen LogP contribution in [0.1, 0.15) is 19.3 Å². The Balaban J connectivity index is 0. The van der Waals surface area contributed by atoms with Crippen LogP contribution in [0.25, 0.3) is 0 Å². The maximum atomic E-state index is 8.17. The molecular formula is C7H14BrN2-. The van der Waals surface area contributed by atoms with E-state index in [0.29, 0.717) is 6.42 Å². The molecule has 0 atom stereocenters. The molecule has 0 spiro atoms. The van der Waals surface area contributed by atoms with E-state index in [1.165, 1.54) is 0 Å². The molecule has 0 unspecified atom stereocenters. The topological polar surface area (TPSA) is 27.0 Å². The summed E-state index contributed by atoms with van der Waals surface area (Å²) in [6, 6.07) is 2.12. The van der Waals surface area contributed by atoms with Gasteiger partial charge in [0.2, 0.25) is 0 Å². The molecule has 0 rings (SSSR count). The molecule has 0 fully saturated rings. The molecule has 0 heterocycles. The first-order chi connectivity index (χ1) is 4.27. The SMILES string of the molecule is CN(C)CCCCC#N.[Br-]. The molecular weight excluding hydrogens is 192 g/mol. The highest BCUT2D eigenvalue weighted by atomic mass is 79.9.